The van der Waals surface area contributed by atoms with Gasteiger partial charge < -0.3 is 10.5 Å². The Balaban J connectivity index is 2.02. The van der Waals surface area contributed by atoms with Crippen molar-refractivity contribution in [2.75, 3.05) is 5.73 Å². The molecule has 2 N–H and O–H groups in total. The normalized spacial score (nSPS) is 10.1. The van der Waals surface area contributed by atoms with E-state index in [2.05, 4.69) is 27.6 Å². The minimum Gasteiger partial charge on any atom is -0.488 e. The zero-order valence-corrected chi connectivity index (χ0v) is 10.7. The van der Waals surface area contributed by atoms with Crippen molar-refractivity contribution >= 4 is 28.4 Å². The van der Waals surface area contributed by atoms with Crippen molar-refractivity contribution in [2.45, 2.75) is 6.61 Å². The Morgan fingerprint density at radius 3 is 2.69 bits per heavy atom. The first-order valence-corrected chi connectivity index (χ1v) is 5.91. The third-order valence-corrected chi connectivity index (χ3v) is 2.97. The predicted molar refractivity (Wildman–Crippen MR) is 72.1 cm³/mol. The van der Waals surface area contributed by atoms with Crippen LogP contribution in [0.25, 0.3) is 0 Å². The number of ether oxygens (including phenoxy) is 1. The number of rotatable bonds is 3. The van der Waals surface area contributed by atoms with E-state index in [9.17, 15) is 0 Å². The molecule has 0 aliphatic rings. The number of halogens is 1. The summed E-state index contributed by atoms with van der Waals surface area (Å²) in [5.74, 6) is 1.41. The Morgan fingerprint density at radius 1 is 1.19 bits per heavy atom. The number of hydrogen-bond acceptors (Lipinski definition) is 3. The Labute approximate surface area is 108 Å². The highest BCUT2D eigenvalue weighted by Gasteiger charge is 2.00. The average Bonchev–Trinajstić information content (AvgIpc) is 2.30. The Hall–Kier alpha value is -1.30. The number of nitrogens with zero attached hydrogens (tertiary/aromatic N) is 1. The number of anilines is 1. The van der Waals surface area contributed by atoms with Gasteiger partial charge in [-0.25, -0.2) is 4.98 Å². The molecular weight excluding hydrogens is 315 g/mol. The van der Waals surface area contributed by atoms with E-state index >= 15 is 0 Å². The highest BCUT2D eigenvalue weighted by molar-refractivity contribution is 14.1. The van der Waals surface area contributed by atoms with E-state index in [4.69, 9.17) is 10.5 Å². The van der Waals surface area contributed by atoms with Crippen LogP contribution in [0, 0.1) is 3.57 Å². The van der Waals surface area contributed by atoms with Crippen molar-refractivity contribution in [3.05, 3.63) is 51.7 Å². The molecule has 0 fully saturated rings. The van der Waals surface area contributed by atoms with Gasteiger partial charge in [0, 0.05) is 11.8 Å². The van der Waals surface area contributed by atoms with Gasteiger partial charge >= 0.3 is 0 Å². The minimum atomic E-state index is 0.507. The zero-order valence-electron chi connectivity index (χ0n) is 8.56. The van der Waals surface area contributed by atoms with E-state index in [1.807, 2.05) is 30.3 Å². The second-order valence-electron chi connectivity index (χ2n) is 3.31. The fraction of sp³-hybridized carbons (Fsp3) is 0.0833. The van der Waals surface area contributed by atoms with Crippen LogP contribution in [0.5, 0.6) is 5.75 Å². The van der Waals surface area contributed by atoms with Crippen molar-refractivity contribution in [1.29, 1.82) is 0 Å². The number of benzene rings is 1. The maximum atomic E-state index is 5.67. The third-order valence-electron chi connectivity index (χ3n) is 2.08. The first kappa shape index (κ1) is 11.2. The Kier molecular flexibility index (Phi) is 3.61. The second kappa shape index (κ2) is 5.16. The molecule has 3 nitrogen and oxygen atoms in total. The summed E-state index contributed by atoms with van der Waals surface area (Å²) < 4.78 is 6.77. The van der Waals surface area contributed by atoms with Crippen LogP contribution in [0.2, 0.25) is 0 Å². The van der Waals surface area contributed by atoms with Crippen molar-refractivity contribution in [1.82, 2.24) is 4.98 Å². The van der Waals surface area contributed by atoms with Crippen molar-refractivity contribution < 1.29 is 4.74 Å². The molecule has 0 aliphatic carbocycles. The molecule has 1 aromatic heterocycles. The first-order valence-electron chi connectivity index (χ1n) is 4.83. The average molecular weight is 326 g/mol. The lowest BCUT2D eigenvalue weighted by Gasteiger charge is -2.07. The quantitative estimate of drug-likeness (QED) is 0.883. The van der Waals surface area contributed by atoms with Gasteiger partial charge in [-0.2, -0.15) is 0 Å². The summed E-state index contributed by atoms with van der Waals surface area (Å²) in [5.41, 5.74) is 6.51. The lowest BCUT2D eigenvalue weighted by atomic mass is 10.3. The highest BCUT2D eigenvalue weighted by Crippen LogP contribution is 2.20. The Bertz CT molecular complexity index is 471. The van der Waals surface area contributed by atoms with Gasteiger partial charge in [-0.15, -0.1) is 0 Å². The fourth-order valence-electron chi connectivity index (χ4n) is 1.24. The Morgan fingerprint density at radius 2 is 2.00 bits per heavy atom. The van der Waals surface area contributed by atoms with Crippen LogP contribution in [0.4, 0.5) is 5.82 Å². The number of pyridine rings is 1. The number of nitrogen functional groups attached to an aromatic ring is 1. The number of para-hydroxylation sites is 1. The number of hydrogen-bond donors (Lipinski definition) is 1. The lowest BCUT2D eigenvalue weighted by Crippen LogP contribution is -1.98. The van der Waals surface area contributed by atoms with E-state index < -0.39 is 0 Å². The molecule has 0 unspecified atom stereocenters. The number of nitrogens with two attached hydrogens (primary N) is 1. The largest absolute Gasteiger partial charge is 0.488 e. The van der Waals surface area contributed by atoms with Crippen LogP contribution in [-0.4, -0.2) is 4.98 Å². The standard InChI is InChI=1S/C12H11IN2O/c13-10-3-1-2-4-11(10)16-8-9-5-6-12(14)15-7-9/h1-7H,8H2,(H2,14,15). The highest BCUT2D eigenvalue weighted by atomic mass is 127. The van der Waals surface area contributed by atoms with Crippen molar-refractivity contribution in [2.24, 2.45) is 0 Å². The van der Waals surface area contributed by atoms with Crippen LogP contribution in [0.15, 0.2) is 42.6 Å². The molecule has 1 heterocycles. The van der Waals surface area contributed by atoms with E-state index in [1.165, 1.54) is 0 Å². The number of aromatic nitrogens is 1. The monoisotopic (exact) mass is 326 g/mol. The molecule has 0 radical (unpaired) electrons. The summed E-state index contributed by atoms with van der Waals surface area (Å²) in [6.45, 7) is 0.507. The van der Waals surface area contributed by atoms with Gasteiger partial charge in [-0.05, 0) is 40.8 Å². The molecule has 82 valence electrons. The van der Waals surface area contributed by atoms with E-state index in [0.717, 1.165) is 14.9 Å². The van der Waals surface area contributed by atoms with Gasteiger partial charge in [0.15, 0.2) is 0 Å². The zero-order chi connectivity index (χ0) is 11.4. The fourth-order valence-corrected chi connectivity index (χ4v) is 1.79. The van der Waals surface area contributed by atoms with Crippen LogP contribution < -0.4 is 10.5 Å². The molecule has 0 amide bonds. The molecule has 0 saturated carbocycles. The van der Waals surface area contributed by atoms with Gasteiger partial charge in [0.2, 0.25) is 0 Å². The summed E-state index contributed by atoms with van der Waals surface area (Å²) in [6, 6.07) is 11.6. The molecule has 0 bridgehead atoms. The van der Waals surface area contributed by atoms with Crippen molar-refractivity contribution in [3.63, 3.8) is 0 Å². The molecule has 0 saturated heterocycles. The molecular formula is C12H11IN2O. The van der Waals surface area contributed by atoms with Gasteiger partial charge in [0.25, 0.3) is 0 Å². The molecule has 0 aliphatic heterocycles. The smallest absolute Gasteiger partial charge is 0.133 e. The summed E-state index contributed by atoms with van der Waals surface area (Å²) in [6.07, 6.45) is 1.73. The molecule has 1 aromatic carbocycles. The van der Waals surface area contributed by atoms with Crippen LogP contribution in [0.3, 0.4) is 0 Å². The van der Waals surface area contributed by atoms with Gasteiger partial charge in [0.05, 0.1) is 3.57 Å². The first-order chi connectivity index (χ1) is 7.75. The summed E-state index contributed by atoms with van der Waals surface area (Å²) in [7, 11) is 0. The molecule has 4 heteroatoms. The maximum absolute atomic E-state index is 5.67. The van der Waals surface area contributed by atoms with Crippen LogP contribution in [-0.2, 0) is 6.61 Å². The van der Waals surface area contributed by atoms with Crippen LogP contribution >= 0.6 is 22.6 Å². The predicted octanol–water partition coefficient (Wildman–Crippen LogP) is 2.85. The topological polar surface area (TPSA) is 48.1 Å². The SMILES string of the molecule is Nc1ccc(COc2ccccc2I)cn1. The van der Waals surface area contributed by atoms with E-state index in [1.54, 1.807) is 12.3 Å². The molecule has 2 rings (SSSR count). The minimum absolute atomic E-state index is 0.507. The van der Waals surface area contributed by atoms with Gasteiger partial charge in [0.1, 0.15) is 18.2 Å². The second-order valence-corrected chi connectivity index (χ2v) is 4.47. The lowest BCUT2D eigenvalue weighted by molar-refractivity contribution is 0.303. The molecule has 16 heavy (non-hydrogen) atoms. The molecule has 2 aromatic rings. The van der Waals surface area contributed by atoms with Gasteiger partial charge in [-0.3, -0.25) is 0 Å². The summed E-state index contributed by atoms with van der Waals surface area (Å²) in [5, 5.41) is 0. The molecule has 0 atom stereocenters. The third kappa shape index (κ3) is 2.85. The van der Waals surface area contributed by atoms with Crippen LogP contribution in [0.1, 0.15) is 5.56 Å². The van der Waals surface area contributed by atoms with E-state index in [-0.39, 0.29) is 0 Å². The van der Waals surface area contributed by atoms with Crippen molar-refractivity contribution in [3.8, 4) is 5.75 Å². The maximum Gasteiger partial charge on any atom is 0.133 e. The van der Waals surface area contributed by atoms with Gasteiger partial charge in [-0.1, -0.05) is 18.2 Å². The van der Waals surface area contributed by atoms with E-state index in [0.29, 0.717) is 12.4 Å². The molecule has 0 spiro atoms. The summed E-state index contributed by atoms with van der Waals surface area (Å²) >= 11 is 2.25. The summed E-state index contributed by atoms with van der Waals surface area (Å²) in [4.78, 5) is 4.01.